The molecule has 0 atom stereocenters. The smallest absolute Gasteiger partial charge is 0.255 e. The van der Waals surface area contributed by atoms with E-state index < -0.39 is 15.9 Å². The summed E-state index contributed by atoms with van der Waals surface area (Å²) in [6, 6.07) is 20.8. The molecule has 29 heavy (non-hydrogen) atoms. The van der Waals surface area contributed by atoms with Gasteiger partial charge in [0.25, 0.3) is 5.91 Å². The zero-order valence-electron chi connectivity index (χ0n) is 16.2. The van der Waals surface area contributed by atoms with Gasteiger partial charge < -0.3 is 10.1 Å². The Labute approximate surface area is 170 Å². The minimum absolute atomic E-state index is 0.0705. The lowest BCUT2D eigenvalue weighted by molar-refractivity contribution is 0.102. The van der Waals surface area contributed by atoms with Crippen LogP contribution in [-0.4, -0.2) is 21.4 Å². The van der Waals surface area contributed by atoms with Crippen molar-refractivity contribution in [2.24, 2.45) is 0 Å². The number of hydrogen-bond donors (Lipinski definition) is 2. The van der Waals surface area contributed by atoms with Gasteiger partial charge in [-0.15, -0.1) is 0 Å². The quantitative estimate of drug-likeness (QED) is 0.622. The lowest BCUT2D eigenvalue weighted by Crippen LogP contribution is -2.24. The first-order valence-electron chi connectivity index (χ1n) is 8.99. The first kappa shape index (κ1) is 20.6. The molecule has 1 amide bonds. The van der Waals surface area contributed by atoms with Crippen LogP contribution in [0.15, 0.2) is 77.7 Å². The van der Waals surface area contributed by atoms with E-state index >= 15 is 0 Å². The Bertz CT molecular complexity index is 1110. The van der Waals surface area contributed by atoms with Gasteiger partial charge in [0.05, 0.1) is 17.7 Å². The zero-order valence-corrected chi connectivity index (χ0v) is 17.0. The molecule has 3 rings (SSSR count). The number of carbonyl (C=O) groups is 1. The molecule has 0 saturated heterocycles. The van der Waals surface area contributed by atoms with E-state index in [4.69, 9.17) is 4.74 Å². The van der Waals surface area contributed by atoms with Crippen LogP contribution in [0, 0.1) is 6.92 Å². The Morgan fingerprint density at radius 1 is 0.966 bits per heavy atom. The van der Waals surface area contributed by atoms with Gasteiger partial charge in [0.15, 0.2) is 0 Å². The lowest BCUT2D eigenvalue weighted by Gasteiger charge is -2.13. The molecule has 0 bridgehead atoms. The fraction of sp³-hybridized carbons (Fsp3) is 0.136. The summed E-state index contributed by atoms with van der Waals surface area (Å²) in [4.78, 5) is 12.7. The fourth-order valence-corrected chi connectivity index (χ4v) is 4.11. The molecule has 150 valence electrons. The number of ether oxygens (including phenoxy) is 1. The fourth-order valence-electron chi connectivity index (χ4n) is 2.83. The van der Waals surface area contributed by atoms with Gasteiger partial charge in [0.2, 0.25) is 10.0 Å². The standard InChI is InChI=1S/C22H22N2O4S/c1-16-12-13-18(22(25)24-19-10-6-7-11-20(19)28-2)14-21(16)29(26,27)23-15-17-8-4-3-5-9-17/h3-14,23H,15H2,1-2H3,(H,24,25). The minimum Gasteiger partial charge on any atom is -0.495 e. The third-order valence-corrected chi connectivity index (χ3v) is 5.95. The van der Waals surface area contributed by atoms with E-state index in [2.05, 4.69) is 10.0 Å². The monoisotopic (exact) mass is 410 g/mol. The number of hydrogen-bond acceptors (Lipinski definition) is 4. The second-order valence-electron chi connectivity index (χ2n) is 6.44. The van der Waals surface area contributed by atoms with E-state index in [-0.39, 0.29) is 17.0 Å². The number of rotatable bonds is 7. The van der Waals surface area contributed by atoms with Crippen LogP contribution < -0.4 is 14.8 Å². The Kier molecular flexibility index (Phi) is 6.31. The predicted octanol–water partition coefficient (Wildman–Crippen LogP) is 3.73. The summed E-state index contributed by atoms with van der Waals surface area (Å²) in [6.07, 6.45) is 0. The Balaban J connectivity index is 1.82. The maximum atomic E-state index is 12.8. The molecule has 2 N–H and O–H groups in total. The van der Waals surface area contributed by atoms with Crippen molar-refractivity contribution in [3.05, 3.63) is 89.5 Å². The number of carbonyl (C=O) groups excluding carboxylic acids is 1. The number of anilines is 1. The highest BCUT2D eigenvalue weighted by atomic mass is 32.2. The van der Waals surface area contributed by atoms with Crippen molar-refractivity contribution < 1.29 is 17.9 Å². The Hall–Kier alpha value is -3.16. The van der Waals surface area contributed by atoms with Crippen LogP contribution in [0.2, 0.25) is 0 Å². The van der Waals surface area contributed by atoms with Gasteiger partial charge in [-0.3, -0.25) is 4.79 Å². The number of benzene rings is 3. The van der Waals surface area contributed by atoms with E-state index in [0.29, 0.717) is 17.0 Å². The van der Waals surface area contributed by atoms with Crippen LogP contribution in [0.4, 0.5) is 5.69 Å². The summed E-state index contributed by atoms with van der Waals surface area (Å²) >= 11 is 0. The topological polar surface area (TPSA) is 84.5 Å². The maximum absolute atomic E-state index is 12.8. The van der Waals surface area contributed by atoms with Crippen molar-refractivity contribution in [1.82, 2.24) is 4.72 Å². The van der Waals surface area contributed by atoms with Crippen LogP contribution in [0.3, 0.4) is 0 Å². The van der Waals surface area contributed by atoms with Gasteiger partial charge in [0, 0.05) is 12.1 Å². The number of methoxy groups -OCH3 is 1. The number of para-hydroxylation sites is 2. The van der Waals surface area contributed by atoms with Crippen LogP contribution >= 0.6 is 0 Å². The summed E-state index contributed by atoms with van der Waals surface area (Å²) in [5.41, 5.74) is 2.15. The third-order valence-electron chi connectivity index (χ3n) is 4.40. The van der Waals surface area contributed by atoms with Gasteiger partial charge in [-0.1, -0.05) is 48.5 Å². The lowest BCUT2D eigenvalue weighted by atomic mass is 10.1. The molecule has 0 saturated carbocycles. The van der Waals surface area contributed by atoms with Crippen LogP contribution in [0.5, 0.6) is 5.75 Å². The molecule has 0 aliphatic heterocycles. The van der Waals surface area contributed by atoms with Crippen molar-refractivity contribution in [3.63, 3.8) is 0 Å². The first-order chi connectivity index (χ1) is 13.9. The molecule has 0 aliphatic rings. The van der Waals surface area contributed by atoms with Crippen LogP contribution in [-0.2, 0) is 16.6 Å². The summed E-state index contributed by atoms with van der Waals surface area (Å²) in [6.45, 7) is 1.86. The molecule has 6 nitrogen and oxygen atoms in total. The van der Waals surface area contributed by atoms with E-state index in [1.54, 1.807) is 43.3 Å². The average Bonchev–Trinajstić information content (AvgIpc) is 2.73. The molecule has 0 unspecified atom stereocenters. The molecule has 3 aromatic rings. The summed E-state index contributed by atoms with van der Waals surface area (Å²) in [5, 5.41) is 2.75. The molecular weight excluding hydrogens is 388 g/mol. The van der Waals surface area contributed by atoms with Gasteiger partial charge in [-0.25, -0.2) is 13.1 Å². The number of sulfonamides is 1. The van der Waals surface area contributed by atoms with Gasteiger partial charge >= 0.3 is 0 Å². The van der Waals surface area contributed by atoms with Crippen molar-refractivity contribution in [1.29, 1.82) is 0 Å². The summed E-state index contributed by atoms with van der Waals surface area (Å²) in [5.74, 6) is 0.0966. The molecule has 0 radical (unpaired) electrons. The van der Waals surface area contributed by atoms with Crippen LogP contribution in [0.1, 0.15) is 21.5 Å². The Morgan fingerprint density at radius 2 is 1.66 bits per heavy atom. The molecule has 0 spiro atoms. The van der Waals surface area contributed by atoms with E-state index in [1.165, 1.54) is 13.2 Å². The summed E-state index contributed by atoms with van der Waals surface area (Å²) in [7, 11) is -2.27. The van der Waals surface area contributed by atoms with Crippen LogP contribution in [0.25, 0.3) is 0 Å². The largest absolute Gasteiger partial charge is 0.495 e. The first-order valence-corrected chi connectivity index (χ1v) is 10.5. The van der Waals surface area contributed by atoms with E-state index in [0.717, 1.165) is 5.56 Å². The third kappa shape index (κ3) is 5.01. The molecule has 0 aromatic heterocycles. The van der Waals surface area contributed by atoms with E-state index in [9.17, 15) is 13.2 Å². The van der Waals surface area contributed by atoms with Crippen molar-refractivity contribution >= 4 is 21.6 Å². The highest BCUT2D eigenvalue weighted by Crippen LogP contribution is 2.24. The van der Waals surface area contributed by atoms with Crippen molar-refractivity contribution in [3.8, 4) is 5.75 Å². The van der Waals surface area contributed by atoms with Gasteiger partial charge in [-0.2, -0.15) is 0 Å². The maximum Gasteiger partial charge on any atom is 0.255 e. The molecule has 0 aliphatic carbocycles. The number of nitrogens with one attached hydrogen (secondary N) is 2. The van der Waals surface area contributed by atoms with Gasteiger partial charge in [0.1, 0.15) is 5.75 Å². The highest BCUT2D eigenvalue weighted by molar-refractivity contribution is 7.89. The minimum atomic E-state index is -3.79. The second-order valence-corrected chi connectivity index (χ2v) is 8.18. The second kappa shape index (κ2) is 8.89. The normalized spacial score (nSPS) is 11.1. The molecule has 0 fully saturated rings. The SMILES string of the molecule is COc1ccccc1NC(=O)c1ccc(C)c(S(=O)(=O)NCc2ccccc2)c1. The molecule has 0 heterocycles. The van der Waals surface area contributed by atoms with E-state index in [1.807, 2.05) is 30.3 Å². The molecule has 3 aromatic carbocycles. The number of aryl methyl sites for hydroxylation is 1. The average molecular weight is 410 g/mol. The van der Waals surface area contributed by atoms with Crippen molar-refractivity contribution in [2.75, 3.05) is 12.4 Å². The molecule has 7 heteroatoms. The van der Waals surface area contributed by atoms with Crippen molar-refractivity contribution in [2.45, 2.75) is 18.4 Å². The zero-order chi connectivity index (χ0) is 20.9. The highest BCUT2D eigenvalue weighted by Gasteiger charge is 2.19. The molecular formula is C22H22N2O4S. The number of amides is 1. The summed E-state index contributed by atoms with van der Waals surface area (Å²) < 4.78 is 33.4. The van der Waals surface area contributed by atoms with Gasteiger partial charge in [-0.05, 0) is 42.3 Å². The predicted molar refractivity (Wildman–Crippen MR) is 113 cm³/mol. The Morgan fingerprint density at radius 3 is 2.38 bits per heavy atom.